The van der Waals surface area contributed by atoms with E-state index < -0.39 is 11.6 Å². The lowest BCUT2D eigenvalue weighted by Gasteiger charge is -1.98. The molecule has 16 heavy (non-hydrogen) atoms. The van der Waals surface area contributed by atoms with E-state index in [-0.39, 0.29) is 21.3 Å². The molecule has 0 unspecified atom stereocenters. The molecule has 0 aliphatic carbocycles. The second-order valence-electron chi connectivity index (χ2n) is 3.01. The Morgan fingerprint density at radius 1 is 1.38 bits per heavy atom. The maximum Gasteiger partial charge on any atom is 0.171 e. The van der Waals surface area contributed by atoms with E-state index in [1.54, 1.807) is 0 Å². The van der Waals surface area contributed by atoms with Gasteiger partial charge in [-0.05, 0) is 18.2 Å². The van der Waals surface area contributed by atoms with Gasteiger partial charge < -0.3 is 5.73 Å². The predicted octanol–water partition coefficient (Wildman–Crippen LogP) is 2.48. The standard InChI is InChI=1S/C10H6F2N2OS/c11-5-1-2-7(12)6(3-5)10-14-8(4-15)9(13)16-10/h1-4H,13H2. The molecule has 1 aromatic carbocycles. The number of carbonyl (C=O) groups excluding carboxylic acids is 1. The second kappa shape index (κ2) is 3.97. The highest BCUT2D eigenvalue weighted by Gasteiger charge is 2.13. The first-order valence-electron chi connectivity index (χ1n) is 4.28. The number of nitrogens with zero attached hydrogens (tertiary/aromatic N) is 1. The predicted molar refractivity (Wildman–Crippen MR) is 57.3 cm³/mol. The normalized spacial score (nSPS) is 10.4. The summed E-state index contributed by atoms with van der Waals surface area (Å²) in [6.45, 7) is 0. The van der Waals surface area contributed by atoms with Gasteiger partial charge in [-0.2, -0.15) is 0 Å². The summed E-state index contributed by atoms with van der Waals surface area (Å²) in [6.07, 6.45) is 0.479. The molecule has 2 aromatic rings. The Morgan fingerprint density at radius 2 is 2.12 bits per heavy atom. The summed E-state index contributed by atoms with van der Waals surface area (Å²) in [4.78, 5) is 14.3. The Kier molecular flexibility index (Phi) is 2.66. The van der Waals surface area contributed by atoms with Crippen LogP contribution in [0.25, 0.3) is 10.6 Å². The molecule has 0 atom stereocenters. The first kappa shape index (κ1) is 10.7. The number of hydrogen-bond donors (Lipinski definition) is 1. The zero-order chi connectivity index (χ0) is 11.7. The van der Waals surface area contributed by atoms with Crippen molar-refractivity contribution >= 4 is 22.6 Å². The molecule has 0 saturated heterocycles. The molecule has 0 aliphatic rings. The number of carbonyl (C=O) groups is 1. The van der Waals surface area contributed by atoms with Gasteiger partial charge in [0.2, 0.25) is 0 Å². The van der Waals surface area contributed by atoms with E-state index in [0.29, 0.717) is 6.29 Å². The molecule has 0 radical (unpaired) electrons. The van der Waals surface area contributed by atoms with Gasteiger partial charge >= 0.3 is 0 Å². The van der Waals surface area contributed by atoms with Crippen LogP contribution in [0, 0.1) is 11.6 Å². The van der Waals surface area contributed by atoms with E-state index >= 15 is 0 Å². The summed E-state index contributed by atoms with van der Waals surface area (Å²) >= 11 is 0.944. The highest BCUT2D eigenvalue weighted by molar-refractivity contribution is 7.19. The molecule has 0 bridgehead atoms. The number of nitrogens with two attached hydrogens (primary N) is 1. The molecule has 0 spiro atoms. The minimum atomic E-state index is -0.604. The third-order valence-electron chi connectivity index (χ3n) is 1.95. The maximum atomic E-state index is 13.4. The molecule has 2 N–H and O–H groups in total. The van der Waals surface area contributed by atoms with Crippen molar-refractivity contribution in [3.63, 3.8) is 0 Å². The van der Waals surface area contributed by atoms with E-state index in [1.807, 2.05) is 0 Å². The fourth-order valence-corrected chi connectivity index (χ4v) is 2.02. The Morgan fingerprint density at radius 3 is 2.75 bits per heavy atom. The Balaban J connectivity index is 2.57. The van der Waals surface area contributed by atoms with Gasteiger partial charge in [0.15, 0.2) is 6.29 Å². The topological polar surface area (TPSA) is 56.0 Å². The fourth-order valence-electron chi connectivity index (χ4n) is 1.20. The van der Waals surface area contributed by atoms with Crippen LogP contribution in [0.1, 0.15) is 10.5 Å². The van der Waals surface area contributed by atoms with Gasteiger partial charge in [-0.25, -0.2) is 13.8 Å². The van der Waals surface area contributed by atoms with Gasteiger partial charge in [-0.3, -0.25) is 4.79 Å². The first-order chi connectivity index (χ1) is 7.61. The van der Waals surface area contributed by atoms with Crippen LogP contribution in [0.15, 0.2) is 18.2 Å². The molecule has 0 amide bonds. The molecule has 82 valence electrons. The number of anilines is 1. The van der Waals surface area contributed by atoms with Crippen molar-refractivity contribution in [2.24, 2.45) is 0 Å². The average Bonchev–Trinajstić information content (AvgIpc) is 2.63. The summed E-state index contributed by atoms with van der Waals surface area (Å²) in [5, 5.41) is 0.380. The van der Waals surface area contributed by atoms with Crippen LogP contribution in [0.5, 0.6) is 0 Å². The number of aldehydes is 1. The van der Waals surface area contributed by atoms with Crippen LogP contribution < -0.4 is 5.73 Å². The third-order valence-corrected chi connectivity index (χ3v) is 2.89. The van der Waals surface area contributed by atoms with Crippen LogP contribution in [-0.2, 0) is 0 Å². The van der Waals surface area contributed by atoms with Gasteiger partial charge in [-0.1, -0.05) is 11.3 Å². The Bertz CT molecular complexity index is 554. The molecular formula is C10H6F2N2OS. The van der Waals surface area contributed by atoms with Crippen LogP contribution >= 0.6 is 11.3 Å². The van der Waals surface area contributed by atoms with E-state index in [9.17, 15) is 13.6 Å². The molecule has 0 aliphatic heterocycles. The Labute approximate surface area is 93.5 Å². The van der Waals surface area contributed by atoms with Gasteiger partial charge in [0.25, 0.3) is 0 Å². The van der Waals surface area contributed by atoms with Crippen LogP contribution in [0.3, 0.4) is 0 Å². The van der Waals surface area contributed by atoms with Crippen LogP contribution in [0.4, 0.5) is 13.8 Å². The number of hydrogen-bond acceptors (Lipinski definition) is 4. The SMILES string of the molecule is Nc1sc(-c2cc(F)ccc2F)nc1C=O. The van der Waals surface area contributed by atoms with Crippen molar-refractivity contribution in [3.8, 4) is 10.6 Å². The van der Waals surface area contributed by atoms with E-state index in [0.717, 1.165) is 29.5 Å². The largest absolute Gasteiger partial charge is 0.389 e. The second-order valence-corrected chi connectivity index (χ2v) is 4.04. The number of aromatic nitrogens is 1. The van der Waals surface area contributed by atoms with Crippen molar-refractivity contribution in [1.29, 1.82) is 0 Å². The first-order valence-corrected chi connectivity index (χ1v) is 5.10. The number of nitrogen functional groups attached to an aromatic ring is 1. The number of thiazole rings is 1. The monoisotopic (exact) mass is 240 g/mol. The molecule has 0 fully saturated rings. The fraction of sp³-hybridized carbons (Fsp3) is 0. The van der Waals surface area contributed by atoms with Crippen molar-refractivity contribution < 1.29 is 13.6 Å². The van der Waals surface area contributed by atoms with E-state index in [4.69, 9.17) is 5.73 Å². The van der Waals surface area contributed by atoms with Crippen molar-refractivity contribution in [3.05, 3.63) is 35.5 Å². The Hall–Kier alpha value is -1.82. The summed E-state index contributed by atoms with van der Waals surface area (Å²) in [7, 11) is 0. The van der Waals surface area contributed by atoms with E-state index in [2.05, 4.69) is 4.98 Å². The number of benzene rings is 1. The van der Waals surface area contributed by atoms with Gasteiger partial charge in [-0.15, -0.1) is 0 Å². The molecule has 1 aromatic heterocycles. The molecule has 3 nitrogen and oxygen atoms in total. The molecule has 6 heteroatoms. The summed E-state index contributed by atoms with van der Waals surface area (Å²) in [5.41, 5.74) is 5.54. The quantitative estimate of drug-likeness (QED) is 0.820. The lowest BCUT2D eigenvalue weighted by Crippen LogP contribution is -1.88. The molecular weight excluding hydrogens is 234 g/mol. The lowest BCUT2D eigenvalue weighted by atomic mass is 10.2. The highest BCUT2D eigenvalue weighted by Crippen LogP contribution is 2.31. The van der Waals surface area contributed by atoms with E-state index in [1.165, 1.54) is 0 Å². The van der Waals surface area contributed by atoms with Gasteiger partial charge in [0.05, 0.1) is 0 Å². The van der Waals surface area contributed by atoms with Crippen LogP contribution in [-0.4, -0.2) is 11.3 Å². The minimum absolute atomic E-state index is 0.00444. The zero-order valence-electron chi connectivity index (χ0n) is 7.91. The van der Waals surface area contributed by atoms with Gasteiger partial charge in [0, 0.05) is 5.56 Å². The summed E-state index contributed by atoms with van der Waals surface area (Å²) in [5.74, 6) is -1.18. The minimum Gasteiger partial charge on any atom is -0.389 e. The zero-order valence-corrected chi connectivity index (χ0v) is 8.72. The van der Waals surface area contributed by atoms with Gasteiger partial charge in [0.1, 0.15) is 27.3 Å². The number of rotatable bonds is 2. The maximum absolute atomic E-state index is 13.4. The smallest absolute Gasteiger partial charge is 0.171 e. The number of halogens is 2. The van der Waals surface area contributed by atoms with Crippen LogP contribution in [0.2, 0.25) is 0 Å². The molecule has 1 heterocycles. The summed E-state index contributed by atoms with van der Waals surface area (Å²) < 4.78 is 26.3. The van der Waals surface area contributed by atoms with Crippen molar-refractivity contribution in [2.75, 3.05) is 5.73 Å². The van der Waals surface area contributed by atoms with Crippen molar-refractivity contribution in [1.82, 2.24) is 4.98 Å². The lowest BCUT2D eigenvalue weighted by molar-refractivity contribution is 0.112. The highest BCUT2D eigenvalue weighted by atomic mass is 32.1. The average molecular weight is 240 g/mol. The van der Waals surface area contributed by atoms with Crippen molar-refractivity contribution in [2.45, 2.75) is 0 Å². The molecule has 2 rings (SSSR count). The third kappa shape index (κ3) is 1.79. The summed E-state index contributed by atoms with van der Waals surface area (Å²) in [6, 6.07) is 3.03. The molecule has 0 saturated carbocycles.